The molecule has 28 heavy (non-hydrogen) atoms. The van der Waals surface area contributed by atoms with E-state index in [1.54, 1.807) is 42.5 Å². The van der Waals surface area contributed by atoms with Gasteiger partial charge in [-0.15, -0.1) is 11.3 Å². The van der Waals surface area contributed by atoms with Gasteiger partial charge in [0.05, 0.1) is 11.6 Å². The first-order valence-electron chi connectivity index (χ1n) is 8.26. The predicted molar refractivity (Wildman–Crippen MR) is 113 cm³/mol. The maximum absolute atomic E-state index is 12.8. The monoisotopic (exact) mass is 429 g/mol. The van der Waals surface area contributed by atoms with Crippen LogP contribution in [0.2, 0.25) is 5.02 Å². The summed E-state index contributed by atoms with van der Waals surface area (Å²) in [7, 11) is -2.51. The molecule has 5 nitrogen and oxygen atoms in total. The van der Waals surface area contributed by atoms with E-state index < -0.39 is 19.9 Å². The van der Waals surface area contributed by atoms with Gasteiger partial charge in [-0.05, 0) is 56.8 Å². The lowest BCUT2D eigenvalue weighted by Crippen LogP contribution is -2.26. The molecule has 0 spiro atoms. The first-order valence-corrected chi connectivity index (χ1v) is 10.9. The zero-order valence-corrected chi connectivity index (χ0v) is 17.0. The summed E-state index contributed by atoms with van der Waals surface area (Å²) in [5.74, 6) is -1.19. The van der Waals surface area contributed by atoms with Gasteiger partial charge in [0, 0.05) is 15.9 Å². The van der Waals surface area contributed by atoms with Crippen LogP contribution in [0.5, 0.6) is 0 Å². The molecule has 1 heterocycles. The van der Waals surface area contributed by atoms with Gasteiger partial charge in [-0.2, -0.15) is 10.2 Å². The molecule has 0 aliphatic heterocycles. The zero-order chi connectivity index (χ0) is 20.1. The van der Waals surface area contributed by atoms with E-state index in [2.05, 4.69) is 11.4 Å². The summed E-state index contributed by atoms with van der Waals surface area (Å²) in [5, 5.41) is 14.9. The molecule has 140 valence electrons. The average molecular weight is 430 g/mol. The summed E-state index contributed by atoms with van der Waals surface area (Å²) in [6.45, 7) is 0. The van der Waals surface area contributed by atoms with Crippen molar-refractivity contribution in [3.8, 4) is 6.07 Å². The highest BCUT2D eigenvalue weighted by molar-refractivity contribution is 7.38. The molecule has 0 bridgehead atoms. The third kappa shape index (κ3) is 4.64. The van der Waals surface area contributed by atoms with E-state index in [4.69, 9.17) is 16.9 Å². The van der Waals surface area contributed by atoms with Gasteiger partial charge < -0.3 is 5.32 Å². The Morgan fingerprint density at radius 1 is 1.36 bits per heavy atom. The number of nitrogens with zero attached hydrogens (tertiary/aromatic N) is 1. The average Bonchev–Trinajstić information content (AvgIpc) is 3.09. The fourth-order valence-electron chi connectivity index (χ4n) is 2.83. The van der Waals surface area contributed by atoms with Crippen molar-refractivity contribution in [3.63, 3.8) is 0 Å². The topological polar surface area (TPSA) is 90.2 Å². The number of fused-ring (bicyclic) bond motifs is 1. The van der Waals surface area contributed by atoms with Crippen molar-refractivity contribution in [3.05, 3.63) is 75.8 Å². The normalized spacial score (nSPS) is 12.7. The first-order chi connectivity index (χ1) is 13.5. The van der Waals surface area contributed by atoms with Gasteiger partial charge in [0.15, 0.2) is 6.16 Å². The van der Waals surface area contributed by atoms with Crippen LogP contribution in [0.15, 0.2) is 54.0 Å². The lowest BCUT2D eigenvalue weighted by atomic mass is 9.99. The molecule has 1 amide bonds. The van der Waals surface area contributed by atoms with E-state index in [9.17, 15) is 14.3 Å². The minimum atomic E-state index is -2.51. The number of hydrogen-bond acceptors (Lipinski definition) is 4. The van der Waals surface area contributed by atoms with Crippen LogP contribution < -0.4 is 5.32 Å². The van der Waals surface area contributed by atoms with Gasteiger partial charge in [-0.1, -0.05) is 29.8 Å². The van der Waals surface area contributed by atoms with E-state index in [1.165, 1.54) is 17.5 Å². The number of rotatable bonds is 6. The van der Waals surface area contributed by atoms with Crippen molar-refractivity contribution in [2.45, 2.75) is 5.92 Å². The summed E-state index contributed by atoms with van der Waals surface area (Å²) in [6.07, 6.45) is 2.87. The van der Waals surface area contributed by atoms with Crippen LogP contribution in [-0.2, 0) is 9.36 Å². The van der Waals surface area contributed by atoms with E-state index in [1.807, 2.05) is 11.4 Å². The number of carbonyl (C=O) groups is 1. The molecule has 2 unspecified atom stereocenters. The van der Waals surface area contributed by atoms with E-state index >= 15 is 0 Å². The lowest BCUT2D eigenvalue weighted by molar-refractivity contribution is -0.121. The highest BCUT2D eigenvalue weighted by Crippen LogP contribution is 2.36. The second-order valence-electron chi connectivity index (χ2n) is 5.96. The van der Waals surface area contributed by atoms with Gasteiger partial charge in [-0.25, -0.2) is 0 Å². The first kappa shape index (κ1) is 20.2. The van der Waals surface area contributed by atoms with Crippen molar-refractivity contribution in [1.82, 2.24) is 5.32 Å². The number of hydrogen-bond donors (Lipinski definition) is 2. The third-order valence-corrected chi connectivity index (χ3v) is 6.06. The SMILES string of the molecule is N#Cc1ccccc1/C=C/NC(=O)C(C[P+](=O)O)c1csc2ccc(Cl)cc12. The van der Waals surface area contributed by atoms with E-state index in [-0.39, 0.29) is 6.16 Å². The van der Waals surface area contributed by atoms with Crippen molar-refractivity contribution < 1.29 is 14.3 Å². The molecule has 2 aromatic carbocycles. The molecule has 3 aromatic rings. The summed E-state index contributed by atoms with van der Waals surface area (Å²) < 4.78 is 12.4. The predicted octanol–water partition coefficient (Wildman–Crippen LogP) is 5.03. The Morgan fingerprint density at radius 3 is 2.89 bits per heavy atom. The molecule has 0 radical (unpaired) electrons. The molecule has 0 aliphatic carbocycles. The molecule has 2 N–H and O–H groups in total. The molecule has 0 fully saturated rings. The van der Waals surface area contributed by atoms with Crippen LogP contribution in [0.3, 0.4) is 0 Å². The Morgan fingerprint density at radius 2 is 2.14 bits per heavy atom. The Kier molecular flexibility index (Phi) is 6.56. The second kappa shape index (κ2) is 9.09. The summed E-state index contributed by atoms with van der Waals surface area (Å²) in [4.78, 5) is 22.2. The Bertz CT molecular complexity index is 1120. The molecule has 8 heteroatoms. The molecular formula is C20H15ClN2O3PS+. The standard InChI is InChI=1S/C20H14ClN2O3PS/c21-15-5-6-19-16(9-15)18(12-28-19)17(11-27(25)26)20(24)23-8-7-13-3-1-2-4-14(13)10-22/h1-9,12,17H,11H2,(H-,23,24,25,26)/p+1/b8-7+. The largest absolute Gasteiger partial charge is 0.506 e. The van der Waals surface area contributed by atoms with Crippen LogP contribution in [-0.4, -0.2) is 17.0 Å². The molecular weight excluding hydrogens is 415 g/mol. The molecule has 0 saturated carbocycles. The van der Waals surface area contributed by atoms with Crippen molar-refractivity contribution in [2.24, 2.45) is 0 Å². The second-order valence-corrected chi connectivity index (χ2v) is 8.38. The van der Waals surface area contributed by atoms with Gasteiger partial charge in [0.1, 0.15) is 5.92 Å². The van der Waals surface area contributed by atoms with Gasteiger partial charge in [0.25, 0.3) is 0 Å². The minimum Gasteiger partial charge on any atom is -0.332 e. The van der Waals surface area contributed by atoms with Crippen molar-refractivity contribution >= 4 is 53.0 Å². The van der Waals surface area contributed by atoms with Crippen LogP contribution >= 0.6 is 31.0 Å². The lowest BCUT2D eigenvalue weighted by Gasteiger charge is -2.10. The molecule has 1 aromatic heterocycles. The smallest absolute Gasteiger partial charge is 0.332 e. The Labute approximate surface area is 171 Å². The van der Waals surface area contributed by atoms with Crippen LogP contribution in [0.25, 0.3) is 16.2 Å². The van der Waals surface area contributed by atoms with Crippen LogP contribution in [0, 0.1) is 11.3 Å². The van der Waals surface area contributed by atoms with Crippen LogP contribution in [0.4, 0.5) is 0 Å². The Balaban J connectivity index is 1.86. The summed E-state index contributed by atoms with van der Waals surface area (Å²) in [6, 6.07) is 14.5. The number of carbonyl (C=O) groups excluding carboxylic acids is 1. The number of halogens is 1. The number of benzene rings is 2. The fraction of sp³-hybridized carbons (Fsp3) is 0.100. The van der Waals surface area contributed by atoms with E-state index in [0.29, 0.717) is 21.7 Å². The maximum atomic E-state index is 12.8. The van der Waals surface area contributed by atoms with Gasteiger partial charge >= 0.3 is 8.03 Å². The van der Waals surface area contributed by atoms with Crippen LogP contribution in [0.1, 0.15) is 22.6 Å². The number of amides is 1. The minimum absolute atomic E-state index is 0.192. The van der Waals surface area contributed by atoms with Gasteiger partial charge in [-0.3, -0.25) is 4.79 Å². The summed E-state index contributed by atoms with van der Waals surface area (Å²) >= 11 is 7.53. The number of nitrogens with one attached hydrogen (secondary N) is 1. The zero-order valence-electron chi connectivity index (χ0n) is 14.5. The van der Waals surface area contributed by atoms with Gasteiger partial charge in [0.2, 0.25) is 5.91 Å². The summed E-state index contributed by atoms with van der Waals surface area (Å²) in [5.41, 5.74) is 1.83. The van der Waals surface area contributed by atoms with E-state index in [0.717, 1.165) is 10.1 Å². The number of thiophene rings is 1. The fourth-order valence-corrected chi connectivity index (χ4v) is 4.67. The highest BCUT2D eigenvalue weighted by atomic mass is 35.5. The molecule has 0 saturated heterocycles. The van der Waals surface area contributed by atoms with Crippen molar-refractivity contribution in [1.29, 1.82) is 5.26 Å². The third-order valence-electron chi connectivity index (χ3n) is 4.17. The molecule has 0 aliphatic rings. The maximum Gasteiger partial charge on any atom is 0.506 e. The molecule has 2 atom stereocenters. The quantitative estimate of drug-likeness (QED) is 0.537. The van der Waals surface area contributed by atoms with Crippen molar-refractivity contribution in [2.75, 3.05) is 6.16 Å². The number of nitriles is 1. The Hall–Kier alpha value is -2.55. The molecule has 3 rings (SSSR count). The highest BCUT2D eigenvalue weighted by Gasteiger charge is 2.31.